The molecule has 0 spiro atoms. The average Bonchev–Trinajstić information content (AvgIpc) is 3.17. The molecule has 0 bridgehead atoms. The minimum atomic E-state index is 0. The maximum Gasteiger partial charge on any atom is 0.0959 e. The van der Waals surface area contributed by atoms with E-state index in [4.69, 9.17) is 10.7 Å². The van der Waals surface area contributed by atoms with Gasteiger partial charge in [-0.25, -0.2) is 4.98 Å². The summed E-state index contributed by atoms with van der Waals surface area (Å²) in [6, 6.07) is 10.8. The van der Waals surface area contributed by atoms with Crippen LogP contribution in [0.15, 0.2) is 35.7 Å². The van der Waals surface area contributed by atoms with Crippen molar-refractivity contribution >= 4 is 23.7 Å². The van der Waals surface area contributed by atoms with Crippen molar-refractivity contribution in [3.63, 3.8) is 0 Å². The Morgan fingerprint density at radius 2 is 1.96 bits per heavy atom. The van der Waals surface area contributed by atoms with E-state index in [2.05, 4.69) is 40.6 Å². The molecule has 3 nitrogen and oxygen atoms in total. The molecule has 2 aliphatic rings. The van der Waals surface area contributed by atoms with Crippen molar-refractivity contribution < 1.29 is 0 Å². The average molecular weight is 350 g/mol. The van der Waals surface area contributed by atoms with Crippen LogP contribution in [0.25, 0.3) is 0 Å². The van der Waals surface area contributed by atoms with Gasteiger partial charge in [0, 0.05) is 36.9 Å². The zero-order valence-corrected chi connectivity index (χ0v) is 14.9. The van der Waals surface area contributed by atoms with Gasteiger partial charge in [-0.05, 0) is 30.9 Å². The lowest BCUT2D eigenvalue weighted by Gasteiger charge is -2.16. The fraction of sp³-hybridized carbons (Fsp3) is 0.500. The Morgan fingerprint density at radius 1 is 1.17 bits per heavy atom. The Bertz CT molecular complexity index is 626. The fourth-order valence-electron chi connectivity index (χ4n) is 3.55. The largest absolute Gasteiger partial charge is 0.330 e. The van der Waals surface area contributed by atoms with Crippen LogP contribution >= 0.6 is 23.7 Å². The van der Waals surface area contributed by atoms with Crippen LogP contribution < -0.4 is 5.73 Å². The molecule has 2 N–H and O–H groups in total. The Kier molecular flexibility index (Phi) is 5.37. The third kappa shape index (κ3) is 3.77. The van der Waals surface area contributed by atoms with Crippen LogP contribution in [0.3, 0.4) is 0 Å². The van der Waals surface area contributed by atoms with Gasteiger partial charge in [-0.2, -0.15) is 0 Å². The minimum absolute atomic E-state index is 0. The summed E-state index contributed by atoms with van der Waals surface area (Å²) in [6.07, 6.45) is 2.67. The molecule has 2 heterocycles. The monoisotopic (exact) mass is 349 g/mol. The number of hydrogen-bond acceptors (Lipinski definition) is 4. The van der Waals surface area contributed by atoms with Crippen molar-refractivity contribution in [2.24, 2.45) is 11.7 Å². The van der Waals surface area contributed by atoms with Crippen molar-refractivity contribution in [1.29, 1.82) is 0 Å². The molecule has 1 aliphatic heterocycles. The van der Waals surface area contributed by atoms with E-state index >= 15 is 0 Å². The van der Waals surface area contributed by atoms with Gasteiger partial charge in [0.05, 0.1) is 10.7 Å². The molecule has 124 valence electrons. The van der Waals surface area contributed by atoms with Crippen LogP contribution in [0.2, 0.25) is 0 Å². The molecule has 2 aromatic rings. The lowest BCUT2D eigenvalue weighted by molar-refractivity contribution is 0.313. The molecule has 1 aromatic carbocycles. The van der Waals surface area contributed by atoms with E-state index in [0.29, 0.717) is 11.8 Å². The standard InChI is InChI=1S/C18H23N3S.ClH/c19-8-15-9-21(11-17(15)13-4-2-1-3-5-13)10-16-12-22-18(20-16)14-6-7-14;/h1-5,12,14-15,17H,6-11,19H2;1H/t15-,17+;/m1./s1. The summed E-state index contributed by atoms with van der Waals surface area (Å²) in [5.74, 6) is 1.89. The van der Waals surface area contributed by atoms with E-state index in [1.807, 2.05) is 11.3 Å². The first kappa shape index (κ1) is 16.9. The van der Waals surface area contributed by atoms with Crippen LogP contribution in [0.5, 0.6) is 0 Å². The predicted molar refractivity (Wildman–Crippen MR) is 98.3 cm³/mol. The van der Waals surface area contributed by atoms with Crippen LogP contribution in [0.1, 0.15) is 40.9 Å². The summed E-state index contributed by atoms with van der Waals surface area (Å²) in [5.41, 5.74) is 8.70. The van der Waals surface area contributed by atoms with Gasteiger partial charge in [-0.15, -0.1) is 23.7 Å². The molecular formula is C18H24ClN3S. The van der Waals surface area contributed by atoms with Crippen molar-refractivity contribution in [2.75, 3.05) is 19.6 Å². The normalized spacial score (nSPS) is 24.6. The highest BCUT2D eigenvalue weighted by Gasteiger charge is 2.33. The molecule has 23 heavy (non-hydrogen) atoms. The van der Waals surface area contributed by atoms with E-state index in [1.165, 1.54) is 29.1 Å². The van der Waals surface area contributed by atoms with Gasteiger partial charge in [0.1, 0.15) is 0 Å². The Balaban J connectivity index is 0.00000156. The molecule has 4 rings (SSSR count). The van der Waals surface area contributed by atoms with Crippen molar-refractivity contribution in [2.45, 2.75) is 31.2 Å². The van der Waals surface area contributed by atoms with E-state index in [1.54, 1.807) is 0 Å². The second-order valence-electron chi connectivity index (χ2n) is 6.66. The first-order valence-corrected chi connectivity index (χ1v) is 9.13. The number of benzene rings is 1. The Hall–Kier alpha value is -0.940. The smallest absolute Gasteiger partial charge is 0.0959 e. The topological polar surface area (TPSA) is 42.1 Å². The molecule has 0 radical (unpaired) electrons. The molecule has 1 saturated heterocycles. The van der Waals surface area contributed by atoms with E-state index < -0.39 is 0 Å². The summed E-state index contributed by atoms with van der Waals surface area (Å²) in [4.78, 5) is 7.36. The fourth-order valence-corrected chi connectivity index (χ4v) is 4.53. The molecule has 5 heteroatoms. The number of thiazole rings is 1. The number of rotatable bonds is 5. The van der Waals surface area contributed by atoms with Gasteiger partial charge in [0.15, 0.2) is 0 Å². The SMILES string of the molecule is Cl.NC[C@@H]1CN(Cc2csc(C3CC3)n2)C[C@H]1c1ccccc1. The second-order valence-corrected chi connectivity index (χ2v) is 7.55. The molecular weight excluding hydrogens is 326 g/mol. The quantitative estimate of drug-likeness (QED) is 0.896. The summed E-state index contributed by atoms with van der Waals surface area (Å²) in [7, 11) is 0. The molecule has 2 atom stereocenters. The summed E-state index contributed by atoms with van der Waals surface area (Å²) in [6.45, 7) is 3.93. The lowest BCUT2D eigenvalue weighted by Crippen LogP contribution is -2.23. The third-order valence-corrected chi connectivity index (χ3v) is 5.98. The summed E-state index contributed by atoms with van der Waals surface area (Å²) < 4.78 is 0. The van der Waals surface area contributed by atoms with Gasteiger partial charge >= 0.3 is 0 Å². The molecule has 1 aromatic heterocycles. The first-order chi connectivity index (χ1) is 10.8. The molecule has 0 amide bonds. The highest BCUT2D eigenvalue weighted by Crippen LogP contribution is 2.41. The van der Waals surface area contributed by atoms with Crippen LogP contribution in [0.4, 0.5) is 0 Å². The number of likely N-dealkylation sites (tertiary alicyclic amines) is 1. The third-order valence-electron chi connectivity index (χ3n) is 4.93. The van der Waals surface area contributed by atoms with E-state index in [-0.39, 0.29) is 12.4 Å². The van der Waals surface area contributed by atoms with Crippen LogP contribution in [-0.2, 0) is 6.54 Å². The summed E-state index contributed by atoms with van der Waals surface area (Å²) in [5, 5.41) is 3.60. The van der Waals surface area contributed by atoms with Crippen LogP contribution in [-0.4, -0.2) is 29.5 Å². The first-order valence-electron chi connectivity index (χ1n) is 8.25. The number of hydrogen-bond donors (Lipinski definition) is 1. The molecule has 0 unspecified atom stereocenters. The number of aromatic nitrogens is 1. The van der Waals surface area contributed by atoms with Crippen molar-refractivity contribution in [3.8, 4) is 0 Å². The highest BCUT2D eigenvalue weighted by atomic mass is 35.5. The maximum absolute atomic E-state index is 6.03. The zero-order chi connectivity index (χ0) is 14.9. The van der Waals surface area contributed by atoms with Gasteiger partial charge in [0.25, 0.3) is 0 Å². The zero-order valence-electron chi connectivity index (χ0n) is 13.2. The molecule has 2 fully saturated rings. The highest BCUT2D eigenvalue weighted by molar-refractivity contribution is 7.09. The van der Waals surface area contributed by atoms with Gasteiger partial charge < -0.3 is 5.73 Å². The van der Waals surface area contributed by atoms with Gasteiger partial charge in [-0.1, -0.05) is 30.3 Å². The van der Waals surface area contributed by atoms with Crippen molar-refractivity contribution in [3.05, 3.63) is 52.0 Å². The van der Waals surface area contributed by atoms with Crippen molar-refractivity contribution in [1.82, 2.24) is 9.88 Å². The molecule has 1 saturated carbocycles. The van der Waals surface area contributed by atoms with E-state index in [9.17, 15) is 0 Å². The van der Waals surface area contributed by atoms with E-state index in [0.717, 1.165) is 32.1 Å². The lowest BCUT2D eigenvalue weighted by atomic mass is 9.89. The number of nitrogens with two attached hydrogens (primary N) is 1. The number of nitrogens with zero attached hydrogens (tertiary/aromatic N) is 2. The number of halogens is 1. The van der Waals surface area contributed by atoms with Gasteiger partial charge in [-0.3, -0.25) is 4.90 Å². The second kappa shape index (κ2) is 7.31. The molecule has 1 aliphatic carbocycles. The predicted octanol–water partition coefficient (Wildman–Crippen LogP) is 3.62. The van der Waals surface area contributed by atoms with Crippen LogP contribution in [0, 0.1) is 5.92 Å². The van der Waals surface area contributed by atoms with Gasteiger partial charge in [0.2, 0.25) is 0 Å². The minimum Gasteiger partial charge on any atom is -0.330 e. The summed E-state index contributed by atoms with van der Waals surface area (Å²) >= 11 is 1.84. The Labute approximate surface area is 148 Å². The maximum atomic E-state index is 6.03. The Morgan fingerprint density at radius 3 is 2.65 bits per heavy atom.